The molecule has 0 radical (unpaired) electrons. The van der Waals surface area contributed by atoms with Crippen LogP contribution in [0, 0.1) is 0 Å². The van der Waals surface area contributed by atoms with Gasteiger partial charge in [-0.1, -0.05) is 0 Å². The normalized spacial score (nSPS) is 14.2. The first-order valence-electron chi connectivity index (χ1n) is 9.00. The van der Waals surface area contributed by atoms with Crippen LogP contribution in [0.15, 0.2) is 0 Å². The molecule has 0 fully saturated rings. The van der Waals surface area contributed by atoms with Crippen LogP contribution in [-0.2, 0) is 47.8 Å². The van der Waals surface area contributed by atoms with Crippen LogP contribution in [0.5, 0.6) is 0 Å². The Hall–Kier alpha value is -1.96. The van der Waals surface area contributed by atoms with E-state index in [4.69, 9.17) is 26.2 Å². The summed E-state index contributed by atoms with van der Waals surface area (Å²) in [7, 11) is 0. The standard InChI is InChI=1S/C17H21NO16.2Na.2H/c18-7(13(26)34-12(25)6-17(32,15(29)30)4-9(21)22)1-2-10(23)33-11(24)5-16(31,14(27)28)3-8(19)20;;;;/h7,31-32H,1-6,18H2,(H,19,20)(H,21,22)(H,27,28)(H,29,30);;;;/q;2*+1;2*-1/t7-,16?,17?;;;;/m0..../s1. The molecule has 0 saturated heterocycles. The van der Waals surface area contributed by atoms with E-state index in [0.29, 0.717) is 0 Å². The fourth-order valence-electron chi connectivity index (χ4n) is 2.23. The fourth-order valence-corrected chi connectivity index (χ4v) is 2.23. The molecule has 3 atom stereocenters. The Bertz CT molecular complexity index is 903. The van der Waals surface area contributed by atoms with E-state index in [0.717, 1.165) is 0 Å². The largest absolute Gasteiger partial charge is 1.00 e. The number of hydrogen-bond acceptors (Lipinski definition) is 13. The molecule has 0 heterocycles. The van der Waals surface area contributed by atoms with Gasteiger partial charge in [-0.2, -0.15) is 0 Å². The molecule has 19 heteroatoms. The molecule has 0 aromatic heterocycles. The molecule has 0 amide bonds. The van der Waals surface area contributed by atoms with Crippen LogP contribution in [0.3, 0.4) is 0 Å². The van der Waals surface area contributed by atoms with Crippen molar-refractivity contribution in [1.82, 2.24) is 0 Å². The maximum absolute atomic E-state index is 11.7. The zero-order valence-corrected chi connectivity index (χ0v) is 23.2. The zero-order chi connectivity index (χ0) is 26.9. The fraction of sp³-hybridized carbons (Fsp3) is 0.529. The molecule has 2 unspecified atom stereocenters. The molecule has 0 saturated carbocycles. The topological polar surface area (TPSA) is 302 Å². The molecule has 0 rings (SSSR count). The molecule has 194 valence electrons. The van der Waals surface area contributed by atoms with Crippen LogP contribution in [0.25, 0.3) is 0 Å². The molecule has 0 aliphatic heterocycles. The number of rotatable bonds is 14. The summed E-state index contributed by atoms with van der Waals surface area (Å²) in [6, 6.07) is -1.72. The van der Waals surface area contributed by atoms with Gasteiger partial charge in [0.25, 0.3) is 0 Å². The maximum atomic E-state index is 11.7. The van der Waals surface area contributed by atoms with E-state index in [2.05, 4.69) is 9.47 Å². The number of carbonyl (C=O) groups is 8. The molecule has 0 spiro atoms. The maximum Gasteiger partial charge on any atom is 1.00 e. The number of aliphatic carboxylic acids is 4. The van der Waals surface area contributed by atoms with E-state index < -0.39 is 104 Å². The number of carbonyl (C=O) groups excluding carboxylic acids is 4. The van der Waals surface area contributed by atoms with Crippen LogP contribution in [0.4, 0.5) is 0 Å². The molecule has 8 N–H and O–H groups in total. The van der Waals surface area contributed by atoms with E-state index in [1.165, 1.54) is 0 Å². The van der Waals surface area contributed by atoms with Gasteiger partial charge in [0.1, 0.15) is 6.04 Å². The van der Waals surface area contributed by atoms with Gasteiger partial charge in [-0.05, 0) is 6.42 Å². The minimum Gasteiger partial charge on any atom is -1.00 e. The first-order chi connectivity index (χ1) is 15.4. The van der Waals surface area contributed by atoms with Crippen molar-refractivity contribution < 1.29 is 140 Å². The average Bonchev–Trinajstić information content (AvgIpc) is 2.63. The number of aliphatic hydroxyl groups is 2. The second kappa shape index (κ2) is 16.7. The number of carboxylic acids is 4. The Balaban J connectivity index is -0.000000907. The summed E-state index contributed by atoms with van der Waals surface area (Å²) in [6.07, 6.45) is -6.98. The summed E-state index contributed by atoms with van der Waals surface area (Å²) in [6.45, 7) is 0. The quantitative estimate of drug-likeness (QED) is 0.0607. The van der Waals surface area contributed by atoms with Gasteiger partial charge in [0.15, 0.2) is 11.2 Å². The SMILES string of the molecule is N[C@@H](CCC(=O)OC(=O)CC(O)(CC(=O)O)C(=O)O)C(=O)OC(=O)CC(O)(CC(=O)O)C(=O)O.[H-].[H-].[Na+].[Na+]. The first kappa shape index (κ1) is 38.6. The van der Waals surface area contributed by atoms with Gasteiger partial charge < -0.3 is 48.7 Å². The second-order valence-electron chi connectivity index (χ2n) is 6.95. The Morgan fingerprint density at radius 2 is 1.03 bits per heavy atom. The van der Waals surface area contributed by atoms with Gasteiger partial charge in [0, 0.05) is 6.42 Å². The minimum atomic E-state index is -3.07. The Morgan fingerprint density at radius 1 is 0.667 bits per heavy atom. The molecule has 0 aliphatic carbocycles. The number of hydrogen-bond donors (Lipinski definition) is 7. The van der Waals surface area contributed by atoms with E-state index in [9.17, 15) is 48.6 Å². The third-order valence-electron chi connectivity index (χ3n) is 3.96. The predicted octanol–water partition coefficient (Wildman–Crippen LogP) is -9.17. The van der Waals surface area contributed by atoms with Gasteiger partial charge in [-0.3, -0.25) is 24.0 Å². The van der Waals surface area contributed by atoms with Crippen molar-refractivity contribution >= 4 is 47.8 Å². The number of esters is 4. The summed E-state index contributed by atoms with van der Waals surface area (Å²) in [5, 5.41) is 54.3. The zero-order valence-electron chi connectivity index (χ0n) is 21.2. The van der Waals surface area contributed by atoms with E-state index >= 15 is 0 Å². The van der Waals surface area contributed by atoms with E-state index in [1.807, 2.05) is 0 Å². The Kier molecular flexibility index (Phi) is 17.9. The summed E-state index contributed by atoms with van der Waals surface area (Å²) >= 11 is 0. The van der Waals surface area contributed by atoms with E-state index in [1.54, 1.807) is 0 Å². The van der Waals surface area contributed by atoms with Crippen molar-refractivity contribution in [2.75, 3.05) is 0 Å². The second-order valence-corrected chi connectivity index (χ2v) is 6.95. The number of nitrogens with two attached hydrogens (primary N) is 1. The van der Waals surface area contributed by atoms with Crippen LogP contribution in [0.2, 0.25) is 0 Å². The first-order valence-corrected chi connectivity index (χ1v) is 9.00. The number of ether oxygens (including phenoxy) is 2. The van der Waals surface area contributed by atoms with Gasteiger partial charge >= 0.3 is 107 Å². The van der Waals surface area contributed by atoms with Gasteiger partial charge in [-0.15, -0.1) is 0 Å². The summed E-state index contributed by atoms with van der Waals surface area (Å²) in [5.41, 5.74) is -0.757. The minimum absolute atomic E-state index is 0. The van der Waals surface area contributed by atoms with Crippen molar-refractivity contribution in [1.29, 1.82) is 0 Å². The molecule has 0 bridgehead atoms. The summed E-state index contributed by atoms with van der Waals surface area (Å²) in [4.78, 5) is 89.8. The third-order valence-corrected chi connectivity index (χ3v) is 3.96. The van der Waals surface area contributed by atoms with Gasteiger partial charge in [-0.25, -0.2) is 14.4 Å². The summed E-state index contributed by atoms with van der Waals surface area (Å²) < 4.78 is 8.39. The molecule has 36 heavy (non-hydrogen) atoms. The van der Waals surface area contributed by atoms with Gasteiger partial charge in [0.2, 0.25) is 0 Å². The number of carboxylic acid groups (broad SMARTS) is 4. The molecular weight excluding hydrogens is 520 g/mol. The van der Waals surface area contributed by atoms with E-state index in [-0.39, 0.29) is 62.0 Å². The van der Waals surface area contributed by atoms with Crippen LogP contribution in [0.1, 0.15) is 41.4 Å². The Labute approximate surface area is 248 Å². The third kappa shape index (κ3) is 14.0. The van der Waals surface area contributed by atoms with Crippen molar-refractivity contribution in [3.63, 3.8) is 0 Å². The average molecular weight is 543 g/mol. The molecule has 0 aromatic carbocycles. The molecule has 17 nitrogen and oxygen atoms in total. The molecule has 0 aromatic rings. The van der Waals surface area contributed by atoms with Crippen LogP contribution in [-0.4, -0.2) is 95.6 Å². The van der Waals surface area contributed by atoms with Crippen LogP contribution < -0.4 is 64.8 Å². The van der Waals surface area contributed by atoms with Crippen molar-refractivity contribution in [2.24, 2.45) is 5.73 Å². The van der Waals surface area contributed by atoms with Crippen LogP contribution >= 0.6 is 0 Å². The van der Waals surface area contributed by atoms with Crippen molar-refractivity contribution in [2.45, 2.75) is 55.8 Å². The summed E-state index contributed by atoms with van der Waals surface area (Å²) in [5.74, 6) is -13.8. The van der Waals surface area contributed by atoms with Crippen molar-refractivity contribution in [3.8, 4) is 0 Å². The van der Waals surface area contributed by atoms with Crippen molar-refractivity contribution in [3.05, 3.63) is 0 Å². The molecular formula is C17H23NNa2O16. The Morgan fingerprint density at radius 3 is 1.36 bits per heavy atom. The predicted molar refractivity (Wildman–Crippen MR) is 101 cm³/mol. The monoisotopic (exact) mass is 543 g/mol. The smallest absolute Gasteiger partial charge is 1.00 e. The molecule has 0 aliphatic rings. The van der Waals surface area contributed by atoms with Gasteiger partial charge in [0.05, 0.1) is 25.7 Å².